The maximum absolute atomic E-state index is 12.2. The minimum atomic E-state index is 0.106. The Balaban J connectivity index is 2.39. The zero-order valence-corrected chi connectivity index (χ0v) is 10.9. The predicted octanol–water partition coefficient (Wildman–Crippen LogP) is 2.97. The summed E-state index contributed by atoms with van der Waals surface area (Å²) in [6.45, 7) is 5.47. The molecule has 0 aliphatic rings. The van der Waals surface area contributed by atoms with E-state index in [1.165, 1.54) is 11.3 Å². The molecule has 0 spiro atoms. The largest absolute Gasteiger partial charge is 0.399 e. The number of carbonyl (C=O) groups is 1. The van der Waals surface area contributed by atoms with E-state index in [1.807, 2.05) is 43.0 Å². The van der Waals surface area contributed by atoms with Crippen molar-refractivity contribution in [1.29, 1.82) is 0 Å². The SMILES string of the molecule is CCN(CC)C(=O)c1cc2cc(N)ccc2s1. The molecule has 1 heterocycles. The van der Waals surface area contributed by atoms with Crippen molar-refractivity contribution in [2.75, 3.05) is 18.8 Å². The van der Waals surface area contributed by atoms with Crippen LogP contribution >= 0.6 is 11.3 Å². The van der Waals surface area contributed by atoms with Crippen LogP contribution in [-0.4, -0.2) is 23.9 Å². The molecule has 3 nitrogen and oxygen atoms in total. The second-order valence-corrected chi connectivity index (χ2v) is 4.97. The average Bonchev–Trinajstić information content (AvgIpc) is 2.73. The van der Waals surface area contributed by atoms with Crippen molar-refractivity contribution in [2.24, 2.45) is 0 Å². The van der Waals surface area contributed by atoms with Gasteiger partial charge in [0.1, 0.15) is 0 Å². The highest BCUT2D eigenvalue weighted by atomic mass is 32.1. The van der Waals surface area contributed by atoms with Crippen LogP contribution in [0, 0.1) is 0 Å². The maximum atomic E-state index is 12.2. The molecule has 2 N–H and O–H groups in total. The van der Waals surface area contributed by atoms with Crippen molar-refractivity contribution >= 4 is 33.0 Å². The quantitative estimate of drug-likeness (QED) is 0.849. The summed E-state index contributed by atoms with van der Waals surface area (Å²) in [5.74, 6) is 0.106. The number of benzene rings is 1. The third kappa shape index (κ3) is 2.26. The van der Waals surface area contributed by atoms with E-state index in [2.05, 4.69) is 0 Å². The van der Waals surface area contributed by atoms with E-state index in [9.17, 15) is 4.79 Å². The van der Waals surface area contributed by atoms with Crippen molar-refractivity contribution in [3.05, 3.63) is 29.1 Å². The van der Waals surface area contributed by atoms with Gasteiger partial charge in [-0.15, -0.1) is 11.3 Å². The van der Waals surface area contributed by atoms with Crippen LogP contribution in [0.25, 0.3) is 10.1 Å². The fourth-order valence-corrected chi connectivity index (χ4v) is 2.84. The molecule has 2 aromatic rings. The number of nitrogen functional groups attached to an aromatic ring is 1. The molecular weight excluding hydrogens is 232 g/mol. The minimum absolute atomic E-state index is 0.106. The topological polar surface area (TPSA) is 46.3 Å². The monoisotopic (exact) mass is 248 g/mol. The Morgan fingerprint density at radius 1 is 1.29 bits per heavy atom. The van der Waals surface area contributed by atoms with Gasteiger partial charge in [-0.2, -0.15) is 0 Å². The Morgan fingerprint density at radius 2 is 2.00 bits per heavy atom. The van der Waals surface area contributed by atoms with Crippen LogP contribution in [0.4, 0.5) is 5.69 Å². The summed E-state index contributed by atoms with van der Waals surface area (Å²) in [7, 11) is 0. The zero-order chi connectivity index (χ0) is 12.4. The van der Waals surface area contributed by atoms with E-state index in [-0.39, 0.29) is 5.91 Å². The normalized spacial score (nSPS) is 10.7. The molecule has 0 fully saturated rings. The summed E-state index contributed by atoms with van der Waals surface area (Å²) in [5.41, 5.74) is 6.46. The van der Waals surface area contributed by atoms with Gasteiger partial charge in [-0.25, -0.2) is 0 Å². The van der Waals surface area contributed by atoms with Gasteiger partial charge in [0.05, 0.1) is 4.88 Å². The number of fused-ring (bicyclic) bond motifs is 1. The highest BCUT2D eigenvalue weighted by Gasteiger charge is 2.15. The number of nitrogens with two attached hydrogens (primary N) is 1. The van der Waals surface area contributed by atoms with Gasteiger partial charge in [0.15, 0.2) is 0 Å². The number of nitrogens with zero attached hydrogens (tertiary/aromatic N) is 1. The first kappa shape index (κ1) is 11.9. The van der Waals surface area contributed by atoms with Crippen molar-refractivity contribution in [1.82, 2.24) is 4.90 Å². The fourth-order valence-electron chi connectivity index (χ4n) is 1.83. The molecular formula is C13H16N2OS. The molecule has 0 atom stereocenters. The van der Waals surface area contributed by atoms with E-state index < -0.39 is 0 Å². The summed E-state index contributed by atoms with van der Waals surface area (Å²) in [4.78, 5) is 14.8. The molecule has 0 saturated heterocycles. The van der Waals surface area contributed by atoms with Crippen LogP contribution in [0.1, 0.15) is 23.5 Å². The molecule has 2 rings (SSSR count). The summed E-state index contributed by atoms with van der Waals surface area (Å²) >= 11 is 1.53. The van der Waals surface area contributed by atoms with Gasteiger partial charge in [0, 0.05) is 23.5 Å². The Morgan fingerprint density at radius 3 is 2.65 bits per heavy atom. The molecule has 1 aromatic carbocycles. The van der Waals surface area contributed by atoms with E-state index in [4.69, 9.17) is 5.73 Å². The second kappa shape index (κ2) is 4.75. The van der Waals surface area contributed by atoms with Gasteiger partial charge in [0.2, 0.25) is 0 Å². The van der Waals surface area contributed by atoms with Crippen LogP contribution < -0.4 is 5.73 Å². The molecule has 90 valence electrons. The lowest BCUT2D eigenvalue weighted by Crippen LogP contribution is -2.29. The molecule has 0 saturated carbocycles. The first-order valence-electron chi connectivity index (χ1n) is 5.74. The van der Waals surface area contributed by atoms with Crippen molar-refractivity contribution in [3.8, 4) is 0 Å². The first-order chi connectivity index (χ1) is 8.15. The minimum Gasteiger partial charge on any atom is -0.399 e. The van der Waals surface area contributed by atoms with Gasteiger partial charge < -0.3 is 10.6 Å². The highest BCUT2D eigenvalue weighted by Crippen LogP contribution is 2.28. The number of anilines is 1. The Hall–Kier alpha value is -1.55. The lowest BCUT2D eigenvalue weighted by Gasteiger charge is -2.17. The standard InChI is InChI=1S/C13H16N2OS/c1-3-15(4-2)13(16)12-8-9-7-10(14)5-6-11(9)17-12/h5-8H,3-4,14H2,1-2H3. The Labute approximate surface area is 105 Å². The van der Waals surface area contributed by atoms with E-state index in [0.717, 1.165) is 33.7 Å². The summed E-state index contributed by atoms with van der Waals surface area (Å²) in [6, 6.07) is 7.67. The van der Waals surface area contributed by atoms with Gasteiger partial charge in [0.25, 0.3) is 5.91 Å². The van der Waals surface area contributed by atoms with Crippen LogP contribution in [0.3, 0.4) is 0 Å². The van der Waals surface area contributed by atoms with Crippen LogP contribution in [-0.2, 0) is 0 Å². The van der Waals surface area contributed by atoms with Crippen LogP contribution in [0.2, 0.25) is 0 Å². The second-order valence-electron chi connectivity index (χ2n) is 3.89. The van der Waals surface area contributed by atoms with Gasteiger partial charge in [-0.05, 0) is 43.5 Å². The fraction of sp³-hybridized carbons (Fsp3) is 0.308. The van der Waals surface area contributed by atoms with Gasteiger partial charge in [-0.1, -0.05) is 0 Å². The number of rotatable bonds is 3. The third-order valence-electron chi connectivity index (χ3n) is 2.80. The molecule has 0 aliphatic heterocycles. The summed E-state index contributed by atoms with van der Waals surface area (Å²) < 4.78 is 1.11. The molecule has 0 bridgehead atoms. The first-order valence-corrected chi connectivity index (χ1v) is 6.55. The molecule has 1 amide bonds. The maximum Gasteiger partial charge on any atom is 0.263 e. The van der Waals surface area contributed by atoms with Gasteiger partial charge >= 0.3 is 0 Å². The number of thiophene rings is 1. The van der Waals surface area contributed by atoms with E-state index in [1.54, 1.807) is 0 Å². The lowest BCUT2D eigenvalue weighted by atomic mass is 10.2. The Bertz CT molecular complexity index is 543. The molecule has 4 heteroatoms. The lowest BCUT2D eigenvalue weighted by molar-refractivity contribution is 0.0778. The molecule has 0 unspecified atom stereocenters. The number of hydrogen-bond donors (Lipinski definition) is 1. The number of carbonyl (C=O) groups excluding carboxylic acids is 1. The van der Waals surface area contributed by atoms with E-state index in [0.29, 0.717) is 0 Å². The van der Waals surface area contributed by atoms with Crippen molar-refractivity contribution < 1.29 is 4.79 Å². The predicted molar refractivity (Wildman–Crippen MR) is 73.5 cm³/mol. The smallest absolute Gasteiger partial charge is 0.263 e. The Kier molecular flexibility index (Phi) is 3.33. The van der Waals surface area contributed by atoms with E-state index >= 15 is 0 Å². The molecule has 0 aliphatic carbocycles. The van der Waals surface area contributed by atoms with Crippen molar-refractivity contribution in [3.63, 3.8) is 0 Å². The van der Waals surface area contributed by atoms with Crippen molar-refractivity contribution in [2.45, 2.75) is 13.8 Å². The van der Waals surface area contributed by atoms with Crippen LogP contribution in [0.5, 0.6) is 0 Å². The highest BCUT2D eigenvalue weighted by molar-refractivity contribution is 7.20. The number of hydrogen-bond acceptors (Lipinski definition) is 3. The third-order valence-corrected chi connectivity index (χ3v) is 3.91. The molecule has 1 aromatic heterocycles. The van der Waals surface area contributed by atoms with Gasteiger partial charge in [-0.3, -0.25) is 4.79 Å². The summed E-state index contributed by atoms with van der Waals surface area (Å²) in [6.07, 6.45) is 0. The van der Waals surface area contributed by atoms with Crippen LogP contribution in [0.15, 0.2) is 24.3 Å². The average molecular weight is 248 g/mol. The zero-order valence-electron chi connectivity index (χ0n) is 10.1. The molecule has 0 radical (unpaired) electrons. The number of amides is 1. The molecule has 17 heavy (non-hydrogen) atoms. The summed E-state index contributed by atoms with van der Waals surface area (Å²) in [5, 5.41) is 1.05.